The van der Waals surface area contributed by atoms with Crippen LogP contribution < -0.4 is 10.2 Å². The van der Waals surface area contributed by atoms with Crippen molar-refractivity contribution in [2.24, 2.45) is 16.8 Å². The van der Waals surface area contributed by atoms with Crippen molar-refractivity contribution in [3.63, 3.8) is 0 Å². The number of nitrogens with zero attached hydrogens (tertiary/aromatic N) is 6. The highest BCUT2D eigenvalue weighted by atomic mass is 32.1. The maximum atomic E-state index is 14.3. The largest absolute Gasteiger partial charge is 0.497 e. The van der Waals surface area contributed by atoms with Crippen LogP contribution in [-0.2, 0) is 16.1 Å². The smallest absolute Gasteiger partial charge is 0.226 e. The molecule has 2 saturated heterocycles. The first-order valence-electron chi connectivity index (χ1n) is 20.0. The molecule has 4 atom stereocenters. The third-order valence-corrected chi connectivity index (χ3v) is 12.8. The average Bonchev–Trinajstić information content (AvgIpc) is 3.92. The maximum absolute atomic E-state index is 14.3. The molecule has 12 nitrogen and oxygen atoms in total. The van der Waals surface area contributed by atoms with E-state index in [1.807, 2.05) is 35.5 Å². The summed E-state index contributed by atoms with van der Waals surface area (Å²) in [7, 11) is 1.68. The molecule has 3 aromatic heterocycles. The van der Waals surface area contributed by atoms with Gasteiger partial charge in [-0.05, 0) is 61.1 Å². The molecule has 58 heavy (non-hydrogen) atoms. The Kier molecular flexibility index (Phi) is 12.3. The number of thiazole rings is 1. The summed E-state index contributed by atoms with van der Waals surface area (Å²) in [5.41, 5.74) is 4.66. The Morgan fingerprint density at radius 2 is 1.78 bits per heavy atom. The minimum Gasteiger partial charge on any atom is -0.497 e. The molecule has 2 N–H and O–H groups in total. The number of hydrogen-bond donors (Lipinski definition) is 2. The monoisotopic (exact) mass is 799 g/mol. The van der Waals surface area contributed by atoms with E-state index in [1.54, 1.807) is 43.2 Å². The molecule has 13 heteroatoms. The van der Waals surface area contributed by atoms with Gasteiger partial charge in [0.05, 0.1) is 31.6 Å². The average molecular weight is 800 g/mol. The van der Waals surface area contributed by atoms with Crippen molar-refractivity contribution in [1.29, 1.82) is 0 Å². The molecule has 1 amide bonds. The lowest BCUT2D eigenvalue weighted by Gasteiger charge is -2.44. The zero-order valence-corrected chi connectivity index (χ0v) is 33.5. The number of hydrogen-bond acceptors (Lipinski definition) is 11. The SMILES string of the molecule is COc1cccc(C2COCC3=C2N=CC3CC2(O)CCN(C(=O)[C@@H]3CCN(Cc4cnc(-c5cncnc5)s4)C[C@H]3c3ccccc3)CC2)c1.O=c1cc[nH]cc1. The molecule has 9 rings (SSSR count). The summed E-state index contributed by atoms with van der Waals surface area (Å²) in [6, 6.07) is 21.5. The van der Waals surface area contributed by atoms with Crippen molar-refractivity contribution in [2.75, 3.05) is 46.5 Å². The Morgan fingerprint density at radius 1 is 1.00 bits per heavy atom. The number of aliphatic imine (C=N–C) groups is 1. The number of ether oxygens (including phenoxy) is 2. The van der Waals surface area contributed by atoms with E-state index < -0.39 is 5.60 Å². The van der Waals surface area contributed by atoms with Gasteiger partial charge in [-0.1, -0.05) is 42.5 Å². The van der Waals surface area contributed by atoms with E-state index in [4.69, 9.17) is 14.5 Å². The lowest BCUT2D eigenvalue weighted by molar-refractivity contribution is -0.142. The molecule has 0 aliphatic carbocycles. The number of aromatic amines is 1. The number of aliphatic hydroxyl groups is 1. The van der Waals surface area contributed by atoms with Crippen LogP contribution in [0.1, 0.15) is 53.5 Å². The zero-order chi connectivity index (χ0) is 39.9. The fourth-order valence-corrected chi connectivity index (χ4v) is 9.61. The molecule has 4 aliphatic heterocycles. The second kappa shape index (κ2) is 18.1. The molecule has 2 aromatic carbocycles. The van der Waals surface area contributed by atoms with Gasteiger partial charge in [0, 0.05) is 110 Å². The quantitative estimate of drug-likeness (QED) is 0.181. The van der Waals surface area contributed by atoms with Crippen molar-refractivity contribution >= 4 is 23.5 Å². The van der Waals surface area contributed by atoms with Crippen LogP contribution in [-0.4, -0.2) is 99.1 Å². The van der Waals surface area contributed by atoms with Crippen molar-refractivity contribution in [3.05, 3.63) is 142 Å². The maximum Gasteiger partial charge on any atom is 0.226 e. The van der Waals surface area contributed by atoms with Crippen LogP contribution in [0.3, 0.4) is 0 Å². The highest BCUT2D eigenvalue weighted by Crippen LogP contribution is 2.43. The molecule has 0 saturated carbocycles. The van der Waals surface area contributed by atoms with Crippen LogP contribution >= 0.6 is 11.3 Å². The molecular formula is C45H49N7O5S. The van der Waals surface area contributed by atoms with Crippen LogP contribution in [0.5, 0.6) is 5.75 Å². The Hall–Kier alpha value is -5.34. The molecule has 300 valence electrons. The number of benzene rings is 2. The van der Waals surface area contributed by atoms with Gasteiger partial charge in [-0.3, -0.25) is 19.5 Å². The van der Waals surface area contributed by atoms with Gasteiger partial charge < -0.3 is 24.5 Å². The van der Waals surface area contributed by atoms with E-state index in [0.29, 0.717) is 45.6 Å². The number of methoxy groups -OCH3 is 1. The van der Waals surface area contributed by atoms with E-state index >= 15 is 0 Å². The molecule has 2 unspecified atom stereocenters. The number of nitrogens with one attached hydrogen (secondary N) is 1. The summed E-state index contributed by atoms with van der Waals surface area (Å²) in [6.07, 6.45) is 14.8. The van der Waals surface area contributed by atoms with Gasteiger partial charge in [-0.25, -0.2) is 15.0 Å². The summed E-state index contributed by atoms with van der Waals surface area (Å²) in [5.74, 6) is 1.10. The summed E-state index contributed by atoms with van der Waals surface area (Å²) in [4.78, 5) is 50.7. The number of H-pyrrole nitrogens is 1. The molecule has 0 bridgehead atoms. The molecule has 0 radical (unpaired) electrons. The topological polar surface area (TPSA) is 146 Å². The van der Waals surface area contributed by atoms with E-state index in [2.05, 4.69) is 61.2 Å². The lowest BCUT2D eigenvalue weighted by atomic mass is 9.77. The van der Waals surface area contributed by atoms with Crippen molar-refractivity contribution in [3.8, 4) is 16.3 Å². The van der Waals surface area contributed by atoms with Crippen molar-refractivity contribution < 1.29 is 19.4 Å². The second-order valence-electron chi connectivity index (χ2n) is 15.5. The summed E-state index contributed by atoms with van der Waals surface area (Å²) in [5, 5.41) is 12.8. The molecule has 7 heterocycles. The number of aromatic nitrogens is 4. The van der Waals surface area contributed by atoms with Crippen molar-refractivity contribution in [1.82, 2.24) is 29.7 Å². The summed E-state index contributed by atoms with van der Waals surface area (Å²) < 4.78 is 11.5. The molecule has 4 aliphatic rings. The molecule has 5 aromatic rings. The third-order valence-electron chi connectivity index (χ3n) is 11.8. The third kappa shape index (κ3) is 9.18. The van der Waals surface area contributed by atoms with Crippen LogP contribution in [0.15, 0.2) is 125 Å². The number of pyridine rings is 1. The van der Waals surface area contributed by atoms with Gasteiger partial charge in [0.15, 0.2) is 5.43 Å². The number of carbonyl (C=O) groups is 1. The molecule has 0 spiro atoms. The first-order chi connectivity index (χ1) is 28.4. The number of likely N-dealkylation sites (tertiary alicyclic amines) is 2. The van der Waals surface area contributed by atoms with Gasteiger partial charge in [-0.2, -0.15) is 0 Å². The van der Waals surface area contributed by atoms with Gasteiger partial charge in [0.25, 0.3) is 0 Å². The highest BCUT2D eigenvalue weighted by Gasteiger charge is 2.43. The van der Waals surface area contributed by atoms with Crippen molar-refractivity contribution in [2.45, 2.75) is 49.7 Å². The van der Waals surface area contributed by atoms with E-state index in [9.17, 15) is 14.7 Å². The van der Waals surface area contributed by atoms with Gasteiger partial charge in [-0.15, -0.1) is 11.3 Å². The Morgan fingerprint density at radius 3 is 2.52 bits per heavy atom. The Labute approximate surface area is 342 Å². The van der Waals surface area contributed by atoms with Gasteiger partial charge >= 0.3 is 0 Å². The van der Waals surface area contributed by atoms with E-state index in [-0.39, 0.29) is 35.0 Å². The lowest BCUT2D eigenvalue weighted by Crippen LogP contribution is -2.52. The van der Waals surface area contributed by atoms with E-state index in [0.717, 1.165) is 53.6 Å². The van der Waals surface area contributed by atoms with Gasteiger partial charge in [0.2, 0.25) is 5.91 Å². The van der Waals surface area contributed by atoms with E-state index in [1.165, 1.54) is 34.5 Å². The van der Waals surface area contributed by atoms with Crippen LogP contribution in [0.2, 0.25) is 0 Å². The number of amides is 1. The van der Waals surface area contributed by atoms with Crippen LogP contribution in [0.25, 0.3) is 10.6 Å². The minimum atomic E-state index is -0.861. The number of carbonyl (C=O) groups excluding carboxylic acids is 1. The van der Waals surface area contributed by atoms with Crippen LogP contribution in [0.4, 0.5) is 0 Å². The predicted octanol–water partition coefficient (Wildman–Crippen LogP) is 6.10. The Balaban J connectivity index is 0.000000608. The fourth-order valence-electron chi connectivity index (χ4n) is 8.69. The second-order valence-corrected chi connectivity index (χ2v) is 16.7. The predicted molar refractivity (Wildman–Crippen MR) is 224 cm³/mol. The number of piperidine rings is 2. The summed E-state index contributed by atoms with van der Waals surface area (Å²) >= 11 is 1.67. The highest BCUT2D eigenvalue weighted by molar-refractivity contribution is 7.15. The standard InChI is InChI=1S/C40H44N6O4S.C5H5NO/c1-49-31-9-5-8-28(16-31)35-24-50-25-36-29(20-43-37(35)36)17-40(48)11-14-46(15-12-40)39(47)33-10-13-45(23-34(33)27-6-3-2-4-7-27)22-32-21-44-38(51-32)30-18-41-26-42-19-30;7-5-1-3-6-4-2-5/h2-9,16,18-21,26,29,33-35,48H,10-15,17,22-25H2,1H3;1-4H,(H,6,7)/t29?,33-,34+,35?;/m1./s1. The first-order valence-corrected chi connectivity index (χ1v) is 20.8. The Bertz CT molecular complexity index is 2250. The fraction of sp³-hybridized carbons (Fsp3) is 0.378. The zero-order valence-electron chi connectivity index (χ0n) is 32.7. The van der Waals surface area contributed by atoms with Gasteiger partial charge in [0.1, 0.15) is 17.1 Å². The molecular weight excluding hydrogens is 751 g/mol. The first kappa shape index (κ1) is 39.5. The number of rotatable bonds is 9. The minimum absolute atomic E-state index is 0.0306. The normalized spacial score (nSPS) is 22.8. The van der Waals surface area contributed by atoms with Crippen LogP contribution in [0, 0.1) is 11.8 Å². The summed E-state index contributed by atoms with van der Waals surface area (Å²) in [6.45, 7) is 4.67. The molecule has 2 fully saturated rings.